The smallest absolute Gasteiger partial charge is 0.258 e. The molecule has 68 valence electrons. The van der Waals surface area contributed by atoms with E-state index in [4.69, 9.17) is 0 Å². The summed E-state index contributed by atoms with van der Waals surface area (Å²) in [7, 11) is 1.75. The lowest BCUT2D eigenvalue weighted by molar-refractivity contribution is 0.815. The summed E-state index contributed by atoms with van der Waals surface area (Å²) in [6.07, 6.45) is 3.24. The molecule has 0 aliphatic rings. The van der Waals surface area contributed by atoms with E-state index >= 15 is 0 Å². The molecule has 1 rings (SSSR count). The van der Waals surface area contributed by atoms with Crippen molar-refractivity contribution in [3.8, 4) is 0 Å². The van der Waals surface area contributed by atoms with Crippen molar-refractivity contribution in [2.24, 2.45) is 7.05 Å². The maximum atomic E-state index is 11.6. The molecule has 0 aliphatic heterocycles. The summed E-state index contributed by atoms with van der Waals surface area (Å²) in [5, 5.41) is 0. The van der Waals surface area contributed by atoms with Crippen LogP contribution < -0.4 is 5.56 Å². The molecule has 0 unspecified atom stereocenters. The number of nitrogens with zero attached hydrogens (tertiary/aromatic N) is 1. The first-order valence-corrected chi connectivity index (χ1v) is 4.07. The third-order valence-corrected chi connectivity index (χ3v) is 2.16. The number of hydrogen-bond acceptors (Lipinski definition) is 1. The molecule has 2 nitrogen and oxygen atoms in total. The standard InChI is InChI=1S/C11H13NO/c1-5-9-7-8(3)12(4)11(13)10(9)6-2/h5-7H,1-2H2,3-4H3. The molecule has 0 aromatic carbocycles. The van der Waals surface area contributed by atoms with Crippen LogP contribution >= 0.6 is 0 Å². The molecular formula is C11H13NO. The molecule has 0 N–H and O–H groups in total. The summed E-state index contributed by atoms with van der Waals surface area (Å²) in [6.45, 7) is 9.16. The number of aromatic nitrogens is 1. The van der Waals surface area contributed by atoms with Gasteiger partial charge in [-0.2, -0.15) is 0 Å². The third kappa shape index (κ3) is 1.47. The van der Waals surface area contributed by atoms with Gasteiger partial charge in [-0.15, -0.1) is 0 Å². The van der Waals surface area contributed by atoms with Gasteiger partial charge in [0.15, 0.2) is 0 Å². The quantitative estimate of drug-likeness (QED) is 0.673. The Morgan fingerprint density at radius 2 is 2.00 bits per heavy atom. The molecule has 1 heterocycles. The van der Waals surface area contributed by atoms with Crippen molar-refractivity contribution in [3.05, 3.63) is 46.4 Å². The van der Waals surface area contributed by atoms with Crippen LogP contribution in [0.1, 0.15) is 16.8 Å². The van der Waals surface area contributed by atoms with Crippen molar-refractivity contribution in [2.45, 2.75) is 6.92 Å². The van der Waals surface area contributed by atoms with Gasteiger partial charge < -0.3 is 4.57 Å². The highest BCUT2D eigenvalue weighted by Gasteiger charge is 2.04. The number of rotatable bonds is 2. The second-order valence-electron chi connectivity index (χ2n) is 2.93. The second-order valence-corrected chi connectivity index (χ2v) is 2.93. The highest BCUT2D eigenvalue weighted by Crippen LogP contribution is 2.08. The first-order chi connectivity index (χ1) is 6.11. The van der Waals surface area contributed by atoms with Gasteiger partial charge in [0.1, 0.15) is 0 Å². The molecule has 1 aromatic rings. The summed E-state index contributed by atoms with van der Waals surface area (Å²) in [4.78, 5) is 11.6. The average Bonchev–Trinajstić information content (AvgIpc) is 2.13. The monoisotopic (exact) mass is 175 g/mol. The van der Waals surface area contributed by atoms with E-state index in [0.29, 0.717) is 5.56 Å². The highest BCUT2D eigenvalue weighted by molar-refractivity contribution is 5.62. The zero-order chi connectivity index (χ0) is 10.0. The lowest BCUT2D eigenvalue weighted by Gasteiger charge is -2.07. The Bertz CT molecular complexity index is 413. The fourth-order valence-electron chi connectivity index (χ4n) is 1.24. The molecule has 1 aromatic heterocycles. The van der Waals surface area contributed by atoms with Gasteiger partial charge in [0.2, 0.25) is 0 Å². The molecule has 0 atom stereocenters. The van der Waals surface area contributed by atoms with Crippen LogP contribution in [0, 0.1) is 6.92 Å². The summed E-state index contributed by atoms with van der Waals surface area (Å²) in [5.41, 5.74) is 2.36. The Balaban J connectivity index is 3.67. The van der Waals surface area contributed by atoms with Crippen LogP contribution in [0.3, 0.4) is 0 Å². The summed E-state index contributed by atoms with van der Waals surface area (Å²) < 4.78 is 1.60. The van der Waals surface area contributed by atoms with Gasteiger partial charge in [-0.05, 0) is 18.6 Å². The zero-order valence-electron chi connectivity index (χ0n) is 8.00. The molecule has 0 saturated carbocycles. The van der Waals surface area contributed by atoms with Crippen LogP contribution in [0.5, 0.6) is 0 Å². The van der Waals surface area contributed by atoms with Crippen molar-refractivity contribution in [2.75, 3.05) is 0 Å². The molecule has 0 aliphatic carbocycles. The van der Waals surface area contributed by atoms with E-state index in [2.05, 4.69) is 13.2 Å². The minimum Gasteiger partial charge on any atom is -0.315 e. The largest absolute Gasteiger partial charge is 0.315 e. The van der Waals surface area contributed by atoms with Gasteiger partial charge in [-0.1, -0.05) is 25.3 Å². The molecule has 0 fully saturated rings. The zero-order valence-corrected chi connectivity index (χ0v) is 8.00. The Hall–Kier alpha value is -1.57. The number of hydrogen-bond donors (Lipinski definition) is 0. The van der Waals surface area contributed by atoms with Crippen LogP contribution in [-0.4, -0.2) is 4.57 Å². The minimum absolute atomic E-state index is 0.0232. The van der Waals surface area contributed by atoms with Crippen LogP contribution in [-0.2, 0) is 7.05 Å². The van der Waals surface area contributed by atoms with Crippen molar-refractivity contribution in [3.63, 3.8) is 0 Å². The first kappa shape index (κ1) is 9.52. The molecule has 0 saturated heterocycles. The molecule has 0 spiro atoms. The normalized spacial score (nSPS) is 9.69. The fraction of sp³-hybridized carbons (Fsp3) is 0.182. The Labute approximate surface area is 77.8 Å². The minimum atomic E-state index is -0.0232. The lowest BCUT2D eigenvalue weighted by atomic mass is 10.1. The van der Waals surface area contributed by atoms with Crippen molar-refractivity contribution >= 4 is 12.2 Å². The topological polar surface area (TPSA) is 22.0 Å². The van der Waals surface area contributed by atoms with Gasteiger partial charge in [0, 0.05) is 18.3 Å². The van der Waals surface area contributed by atoms with Crippen LogP contribution in [0.2, 0.25) is 0 Å². The van der Waals surface area contributed by atoms with Gasteiger partial charge >= 0.3 is 0 Å². The van der Waals surface area contributed by atoms with E-state index in [-0.39, 0.29) is 5.56 Å². The van der Waals surface area contributed by atoms with Gasteiger partial charge in [0.05, 0.1) is 0 Å². The van der Waals surface area contributed by atoms with Crippen LogP contribution in [0.15, 0.2) is 24.0 Å². The van der Waals surface area contributed by atoms with Gasteiger partial charge in [-0.25, -0.2) is 0 Å². The predicted octanol–water partition coefficient (Wildman–Crippen LogP) is 1.98. The summed E-state index contributed by atoms with van der Waals surface area (Å²) >= 11 is 0. The van der Waals surface area contributed by atoms with E-state index in [1.807, 2.05) is 13.0 Å². The van der Waals surface area contributed by atoms with E-state index in [0.717, 1.165) is 11.3 Å². The SMILES string of the molecule is C=Cc1cc(C)n(C)c(=O)c1C=C. The van der Waals surface area contributed by atoms with E-state index < -0.39 is 0 Å². The lowest BCUT2D eigenvalue weighted by Crippen LogP contribution is -2.22. The van der Waals surface area contributed by atoms with E-state index in [1.165, 1.54) is 0 Å². The van der Waals surface area contributed by atoms with Crippen LogP contribution in [0.25, 0.3) is 12.2 Å². The third-order valence-electron chi connectivity index (χ3n) is 2.16. The molecular weight excluding hydrogens is 162 g/mol. The molecule has 2 heteroatoms. The van der Waals surface area contributed by atoms with Crippen molar-refractivity contribution in [1.82, 2.24) is 4.57 Å². The maximum absolute atomic E-state index is 11.6. The Kier molecular flexibility index (Phi) is 2.52. The predicted molar refractivity (Wildman–Crippen MR) is 56.6 cm³/mol. The van der Waals surface area contributed by atoms with Crippen LogP contribution in [0.4, 0.5) is 0 Å². The van der Waals surface area contributed by atoms with E-state index in [9.17, 15) is 4.79 Å². The summed E-state index contributed by atoms with van der Waals surface area (Å²) in [6, 6.07) is 1.92. The molecule has 0 bridgehead atoms. The maximum Gasteiger partial charge on any atom is 0.258 e. The number of aryl methyl sites for hydroxylation is 1. The summed E-state index contributed by atoms with van der Waals surface area (Å²) in [5.74, 6) is 0. The fourth-order valence-corrected chi connectivity index (χ4v) is 1.24. The van der Waals surface area contributed by atoms with Gasteiger partial charge in [0.25, 0.3) is 5.56 Å². The second kappa shape index (κ2) is 3.44. The molecule has 0 radical (unpaired) electrons. The first-order valence-electron chi connectivity index (χ1n) is 4.07. The van der Waals surface area contributed by atoms with Crippen molar-refractivity contribution < 1.29 is 0 Å². The van der Waals surface area contributed by atoms with Gasteiger partial charge in [-0.3, -0.25) is 4.79 Å². The molecule has 0 amide bonds. The highest BCUT2D eigenvalue weighted by atomic mass is 16.1. The van der Waals surface area contributed by atoms with Crippen molar-refractivity contribution in [1.29, 1.82) is 0 Å². The average molecular weight is 175 g/mol. The Morgan fingerprint density at radius 1 is 1.38 bits per heavy atom. The molecule has 13 heavy (non-hydrogen) atoms. The Morgan fingerprint density at radius 3 is 2.46 bits per heavy atom. The van der Waals surface area contributed by atoms with E-state index in [1.54, 1.807) is 23.8 Å². The number of pyridine rings is 1.